The Kier molecular flexibility index (Phi) is 12.8. The number of carbonyl (C=O) groups excluding carboxylic acids is 5. The lowest BCUT2D eigenvalue weighted by molar-refractivity contribution is -0.393. The first-order valence-corrected chi connectivity index (χ1v) is 17.5. The van der Waals surface area contributed by atoms with Gasteiger partial charge in [0.05, 0.1) is 23.5 Å². The van der Waals surface area contributed by atoms with Gasteiger partial charge in [-0.3, -0.25) is 24.0 Å². The van der Waals surface area contributed by atoms with Crippen LogP contribution in [0.1, 0.15) is 27.2 Å². The van der Waals surface area contributed by atoms with E-state index < -0.39 is 101 Å². The van der Waals surface area contributed by atoms with E-state index in [0.29, 0.717) is 0 Å². The van der Waals surface area contributed by atoms with Crippen molar-refractivity contribution in [3.8, 4) is 0 Å². The lowest BCUT2D eigenvalue weighted by Gasteiger charge is -2.60. The lowest BCUT2D eigenvalue weighted by atomic mass is 9.56. The second-order valence-electron chi connectivity index (χ2n) is 11.4. The number of hydrogen-bond acceptors (Lipinski definition) is 12. The van der Waals surface area contributed by atoms with E-state index in [0.717, 1.165) is 0 Å². The van der Waals surface area contributed by atoms with Crippen LogP contribution in [0.15, 0.2) is 12.2 Å². The largest absolute Gasteiger partial charge is 0.416 e. The minimum Gasteiger partial charge on any atom is -0.416 e. The summed E-state index contributed by atoms with van der Waals surface area (Å²) in [5, 5.41) is 57.4. The summed E-state index contributed by atoms with van der Waals surface area (Å²) in [6, 6.07) is 0. The Balaban J connectivity index is 4.01. The van der Waals surface area contributed by atoms with E-state index in [4.69, 9.17) is 55.6 Å². The zero-order valence-corrected chi connectivity index (χ0v) is 27.7. The molecule has 1 fully saturated rings. The van der Waals surface area contributed by atoms with Gasteiger partial charge >= 0.3 is 0 Å². The van der Waals surface area contributed by atoms with Crippen LogP contribution in [0.25, 0.3) is 0 Å². The quantitative estimate of drug-likeness (QED) is 0.0896. The maximum Gasteiger partial charge on any atom is 0.272 e. The number of hydrogen-bond donors (Lipinski definition) is 5. The molecule has 1 rings (SSSR count). The molecule has 0 amide bonds. The number of ether oxygens (including phenoxy) is 1. The highest BCUT2D eigenvalue weighted by Crippen LogP contribution is 2.52. The number of carbonyl (C=O) groups is 5. The molecule has 1 aliphatic heterocycles. The van der Waals surface area contributed by atoms with Crippen molar-refractivity contribution in [2.24, 2.45) is 0 Å². The van der Waals surface area contributed by atoms with Gasteiger partial charge in [-0.15, -0.1) is 46.4 Å². The number of alkyl halides is 4. The number of aliphatic hydroxyl groups is 5. The fourth-order valence-corrected chi connectivity index (χ4v) is 6.09. The molecule has 0 saturated carbocycles. The summed E-state index contributed by atoms with van der Waals surface area (Å²) in [4.78, 5) is 65.6. The van der Waals surface area contributed by atoms with Gasteiger partial charge in [0.15, 0.2) is 37.1 Å². The molecule has 1 heterocycles. The standard InChI is InChI=1S/C25H36Cl4O12Si/c1-13(7-8-40-42(5,6)21(2,3)4)19(35)25(39)24(38,17(33)12-29)23(37,16(32)11-28)22(36,15(31)10-27)20(41-25)18(34)14(30)9-26/h18,20,34,36-39H,1,7-12H2,2-6H3/t18?,20-,22-,23+,24-,25-/m1/s1. The Bertz CT molecular complexity index is 1130. The summed E-state index contributed by atoms with van der Waals surface area (Å²) in [6.45, 7) is 13.0. The topological polar surface area (TPSA) is 205 Å². The first-order chi connectivity index (χ1) is 19.0. The highest BCUT2D eigenvalue weighted by Gasteiger charge is 2.86. The van der Waals surface area contributed by atoms with Gasteiger partial charge in [0.25, 0.3) is 5.79 Å². The molecule has 0 aromatic rings. The molecule has 1 saturated heterocycles. The van der Waals surface area contributed by atoms with E-state index in [1.54, 1.807) is 0 Å². The molecule has 5 N–H and O–H groups in total. The van der Waals surface area contributed by atoms with Crippen LogP contribution in [0.5, 0.6) is 0 Å². The van der Waals surface area contributed by atoms with Gasteiger partial charge in [-0.2, -0.15) is 0 Å². The normalized spacial score (nSPS) is 30.9. The van der Waals surface area contributed by atoms with Gasteiger partial charge in [0.2, 0.25) is 17.0 Å². The molecule has 1 aliphatic rings. The average molecular weight is 698 g/mol. The molecule has 1 unspecified atom stereocenters. The van der Waals surface area contributed by atoms with Crippen LogP contribution in [-0.4, -0.2) is 128 Å². The van der Waals surface area contributed by atoms with Crippen LogP contribution < -0.4 is 0 Å². The number of halogens is 4. The Morgan fingerprint density at radius 2 is 1.33 bits per heavy atom. The first-order valence-electron chi connectivity index (χ1n) is 12.5. The van der Waals surface area contributed by atoms with Gasteiger partial charge < -0.3 is 34.7 Å². The molecular formula is C25H36Cl4O12Si. The van der Waals surface area contributed by atoms with Gasteiger partial charge in [-0.05, 0) is 30.1 Å². The molecule has 0 bridgehead atoms. The van der Waals surface area contributed by atoms with Crippen LogP contribution in [0.2, 0.25) is 18.1 Å². The van der Waals surface area contributed by atoms with Crippen LogP contribution >= 0.6 is 46.4 Å². The average Bonchev–Trinajstić information content (AvgIpc) is 2.94. The highest BCUT2D eigenvalue weighted by atomic mass is 35.5. The van der Waals surface area contributed by atoms with Gasteiger partial charge in [0.1, 0.15) is 12.2 Å². The first kappa shape index (κ1) is 39.2. The minimum absolute atomic E-state index is 0.157. The van der Waals surface area contributed by atoms with Gasteiger partial charge in [0, 0.05) is 6.61 Å². The van der Waals surface area contributed by atoms with E-state index in [-0.39, 0.29) is 18.1 Å². The summed E-state index contributed by atoms with van der Waals surface area (Å²) < 4.78 is 11.1. The second kappa shape index (κ2) is 13.7. The number of Topliss-reactive ketones (excluding diaryl/α,β-unsaturated/α-hetero) is 5. The third-order valence-electron chi connectivity index (χ3n) is 7.92. The maximum atomic E-state index is 13.8. The minimum atomic E-state index is -4.29. The Morgan fingerprint density at radius 1 is 0.881 bits per heavy atom. The molecule has 0 radical (unpaired) electrons. The zero-order chi connectivity index (χ0) is 33.3. The van der Waals surface area contributed by atoms with Gasteiger partial charge in [-0.1, -0.05) is 27.4 Å². The Labute approximate surface area is 264 Å². The predicted molar refractivity (Wildman–Crippen MR) is 155 cm³/mol. The molecule has 12 nitrogen and oxygen atoms in total. The van der Waals surface area contributed by atoms with Crippen molar-refractivity contribution in [3.05, 3.63) is 12.2 Å². The van der Waals surface area contributed by atoms with Crippen molar-refractivity contribution >= 4 is 83.6 Å². The van der Waals surface area contributed by atoms with Crippen LogP contribution in [0.3, 0.4) is 0 Å². The van der Waals surface area contributed by atoms with E-state index >= 15 is 0 Å². The molecule has 0 aliphatic carbocycles. The van der Waals surface area contributed by atoms with Crippen LogP contribution in [0.4, 0.5) is 0 Å². The fourth-order valence-electron chi connectivity index (χ4n) is 4.30. The summed E-state index contributed by atoms with van der Waals surface area (Å²) in [7, 11) is -2.37. The molecular weight excluding hydrogens is 662 g/mol. The van der Waals surface area contributed by atoms with Crippen molar-refractivity contribution in [3.63, 3.8) is 0 Å². The van der Waals surface area contributed by atoms with Crippen molar-refractivity contribution in [2.45, 2.75) is 80.1 Å². The van der Waals surface area contributed by atoms with E-state index in [1.165, 1.54) is 0 Å². The lowest BCUT2D eigenvalue weighted by Crippen LogP contribution is -2.92. The molecule has 42 heavy (non-hydrogen) atoms. The summed E-state index contributed by atoms with van der Waals surface area (Å²) in [5.41, 5.74) is -13.2. The molecule has 17 heteroatoms. The summed E-state index contributed by atoms with van der Waals surface area (Å²) >= 11 is 22.3. The molecule has 0 spiro atoms. The SMILES string of the molecule is C=C(CCO[Si](C)(C)C(C)(C)C)C(=O)[C@@]1(O)O[C@H](C(O)C(=O)CCl)[C@](O)(C(=O)CCl)[C@@](O)(C(=O)CCl)[C@]1(O)C(=O)CCl. The maximum absolute atomic E-state index is 13.8. The van der Waals surface area contributed by atoms with Crippen molar-refractivity contribution in [1.82, 2.24) is 0 Å². The second-order valence-corrected chi connectivity index (χ2v) is 17.3. The number of ketones is 5. The fraction of sp³-hybridized carbons (Fsp3) is 0.720. The van der Waals surface area contributed by atoms with Crippen molar-refractivity contribution in [2.75, 3.05) is 30.1 Å². The summed E-state index contributed by atoms with van der Waals surface area (Å²) in [5.74, 6) is -17.8. The molecule has 240 valence electrons. The molecule has 6 atom stereocenters. The van der Waals surface area contributed by atoms with E-state index in [9.17, 15) is 49.5 Å². The zero-order valence-electron chi connectivity index (χ0n) is 23.7. The monoisotopic (exact) mass is 696 g/mol. The molecule has 0 aromatic carbocycles. The Morgan fingerprint density at radius 3 is 1.74 bits per heavy atom. The predicted octanol–water partition coefficient (Wildman–Crippen LogP) is 0.397. The van der Waals surface area contributed by atoms with Gasteiger partial charge in [-0.25, -0.2) is 0 Å². The highest BCUT2D eigenvalue weighted by molar-refractivity contribution is 6.74. The van der Waals surface area contributed by atoms with E-state index in [2.05, 4.69) is 6.58 Å². The van der Waals surface area contributed by atoms with Crippen molar-refractivity contribution in [1.29, 1.82) is 0 Å². The van der Waals surface area contributed by atoms with Crippen molar-refractivity contribution < 1.29 is 58.7 Å². The summed E-state index contributed by atoms with van der Waals surface area (Å²) in [6.07, 6.45) is -6.04. The number of aliphatic hydroxyl groups excluding tert-OH is 1. The third-order valence-corrected chi connectivity index (χ3v) is 13.5. The van der Waals surface area contributed by atoms with E-state index in [1.807, 2.05) is 33.9 Å². The Hall–Kier alpha value is -0.813. The third kappa shape index (κ3) is 6.05. The van der Waals surface area contributed by atoms with Crippen LogP contribution in [0, 0.1) is 0 Å². The molecule has 0 aromatic heterocycles. The smallest absolute Gasteiger partial charge is 0.272 e. The van der Waals surface area contributed by atoms with Crippen LogP contribution in [-0.2, 0) is 33.1 Å². The number of rotatable bonds is 15.